The van der Waals surface area contributed by atoms with Crippen molar-refractivity contribution in [2.75, 3.05) is 0 Å². The maximum atomic E-state index is 12.1. The minimum absolute atomic E-state index is 0.0369. The van der Waals surface area contributed by atoms with Crippen LogP contribution in [0.2, 0.25) is 0 Å². The number of carbonyl (C=O) groups excluding carboxylic acids is 1. The lowest BCUT2D eigenvalue weighted by molar-refractivity contribution is 0.0434. The Morgan fingerprint density at radius 3 is 2.90 bits per heavy atom. The Hall–Kier alpha value is -2.06. The van der Waals surface area contributed by atoms with E-state index < -0.39 is 5.97 Å². The van der Waals surface area contributed by atoms with Gasteiger partial charge in [-0.05, 0) is 25.3 Å². The van der Waals surface area contributed by atoms with Crippen molar-refractivity contribution in [2.24, 2.45) is 0 Å². The van der Waals surface area contributed by atoms with Crippen LogP contribution in [-0.2, 0) is 11.3 Å². The van der Waals surface area contributed by atoms with Crippen LogP contribution in [0.5, 0.6) is 0 Å². The lowest BCUT2D eigenvalue weighted by atomic mass is 10.3. The summed E-state index contributed by atoms with van der Waals surface area (Å²) in [5.74, 6) is 0.359. The molecule has 3 rings (SSSR count). The van der Waals surface area contributed by atoms with E-state index in [1.165, 1.54) is 11.3 Å². The topological polar surface area (TPSA) is 78.1 Å². The number of aromatic nitrogens is 3. The molecule has 21 heavy (non-hydrogen) atoms. The molecule has 0 aliphatic rings. The van der Waals surface area contributed by atoms with Crippen LogP contribution in [0.1, 0.15) is 27.1 Å². The minimum Gasteiger partial charge on any atom is -0.451 e. The third kappa shape index (κ3) is 3.01. The summed E-state index contributed by atoms with van der Waals surface area (Å²) in [5, 5.41) is 8.42. The van der Waals surface area contributed by atoms with E-state index >= 15 is 0 Å². The van der Waals surface area contributed by atoms with Crippen LogP contribution in [0.3, 0.4) is 0 Å². The molecule has 0 N–H and O–H groups in total. The molecule has 0 saturated heterocycles. The van der Waals surface area contributed by atoms with E-state index in [1.54, 1.807) is 25.2 Å². The first-order chi connectivity index (χ1) is 10.1. The zero-order chi connectivity index (χ0) is 14.8. The maximum Gasteiger partial charge on any atom is 0.350 e. The fourth-order valence-electron chi connectivity index (χ4n) is 1.69. The molecular weight excluding hydrogens is 310 g/mol. The second-order valence-electron chi connectivity index (χ2n) is 4.26. The second-order valence-corrected chi connectivity index (χ2v) is 6.04. The molecule has 0 atom stereocenters. The number of aryl methyl sites for hydroxylation is 2. The Morgan fingerprint density at radius 1 is 1.38 bits per heavy atom. The van der Waals surface area contributed by atoms with Crippen LogP contribution < -0.4 is 0 Å². The van der Waals surface area contributed by atoms with Crippen molar-refractivity contribution >= 4 is 28.6 Å². The van der Waals surface area contributed by atoms with Gasteiger partial charge in [-0.3, -0.25) is 0 Å². The average Bonchev–Trinajstić information content (AvgIpc) is 3.16. The summed E-state index contributed by atoms with van der Waals surface area (Å²) >= 11 is 2.91. The molecule has 0 radical (unpaired) electrons. The molecule has 3 aromatic heterocycles. The Balaban J connectivity index is 1.72. The number of rotatable bonds is 4. The van der Waals surface area contributed by atoms with Gasteiger partial charge in [0.15, 0.2) is 12.4 Å². The summed E-state index contributed by atoms with van der Waals surface area (Å²) in [7, 11) is 0. The van der Waals surface area contributed by atoms with E-state index in [1.807, 2.05) is 16.8 Å². The van der Waals surface area contributed by atoms with E-state index in [0.717, 1.165) is 10.6 Å². The van der Waals surface area contributed by atoms with Gasteiger partial charge in [0.05, 0.1) is 5.69 Å². The molecule has 0 aliphatic heterocycles. The highest BCUT2D eigenvalue weighted by Gasteiger charge is 2.18. The number of esters is 1. The third-order valence-corrected chi connectivity index (χ3v) is 4.52. The molecule has 0 saturated carbocycles. The van der Waals surface area contributed by atoms with E-state index in [2.05, 4.69) is 15.1 Å². The van der Waals surface area contributed by atoms with Crippen LogP contribution in [0, 0.1) is 13.8 Å². The molecule has 0 fully saturated rings. The van der Waals surface area contributed by atoms with E-state index in [-0.39, 0.29) is 12.5 Å². The highest BCUT2D eigenvalue weighted by Crippen LogP contribution is 2.29. The molecule has 108 valence electrons. The predicted molar refractivity (Wildman–Crippen MR) is 78.3 cm³/mol. The van der Waals surface area contributed by atoms with Crippen LogP contribution >= 0.6 is 22.7 Å². The minimum atomic E-state index is -0.428. The SMILES string of the molecule is Cc1noc(COC(=O)c2sc(-c3ccsc3)nc2C)n1. The number of ether oxygens (including phenoxy) is 1. The average molecular weight is 321 g/mol. The van der Waals surface area contributed by atoms with Gasteiger partial charge in [0.2, 0.25) is 0 Å². The van der Waals surface area contributed by atoms with Crippen molar-refractivity contribution in [3.63, 3.8) is 0 Å². The van der Waals surface area contributed by atoms with Crippen molar-refractivity contribution < 1.29 is 14.1 Å². The van der Waals surface area contributed by atoms with Gasteiger partial charge in [-0.15, -0.1) is 11.3 Å². The Labute approximate surface area is 128 Å². The molecule has 6 nitrogen and oxygen atoms in total. The van der Waals surface area contributed by atoms with Gasteiger partial charge in [-0.1, -0.05) is 5.16 Å². The Morgan fingerprint density at radius 2 is 2.24 bits per heavy atom. The summed E-state index contributed by atoms with van der Waals surface area (Å²) in [6.07, 6.45) is 0. The van der Waals surface area contributed by atoms with E-state index in [0.29, 0.717) is 16.4 Å². The van der Waals surface area contributed by atoms with Crippen molar-refractivity contribution in [1.82, 2.24) is 15.1 Å². The van der Waals surface area contributed by atoms with Gasteiger partial charge in [-0.2, -0.15) is 16.3 Å². The quantitative estimate of drug-likeness (QED) is 0.687. The molecule has 0 spiro atoms. The third-order valence-electron chi connectivity index (χ3n) is 2.65. The number of nitrogens with zero attached hydrogens (tertiary/aromatic N) is 3. The molecule has 0 aromatic carbocycles. The number of thiophene rings is 1. The molecule has 0 aliphatic carbocycles. The molecule has 8 heteroatoms. The van der Waals surface area contributed by atoms with Gasteiger partial charge in [0.25, 0.3) is 5.89 Å². The first-order valence-electron chi connectivity index (χ1n) is 6.10. The fourth-order valence-corrected chi connectivity index (χ4v) is 3.36. The number of hydrogen-bond donors (Lipinski definition) is 0. The van der Waals surface area contributed by atoms with Crippen molar-refractivity contribution in [3.05, 3.63) is 39.1 Å². The van der Waals surface area contributed by atoms with Crippen molar-refractivity contribution in [3.8, 4) is 10.6 Å². The number of carbonyl (C=O) groups is 1. The summed E-state index contributed by atoms with van der Waals surface area (Å²) in [5.41, 5.74) is 1.67. The summed E-state index contributed by atoms with van der Waals surface area (Å²) in [6.45, 7) is 3.46. The smallest absolute Gasteiger partial charge is 0.350 e. The molecule has 0 amide bonds. The summed E-state index contributed by atoms with van der Waals surface area (Å²) < 4.78 is 10.1. The van der Waals surface area contributed by atoms with E-state index in [4.69, 9.17) is 9.26 Å². The summed E-state index contributed by atoms with van der Waals surface area (Å²) in [4.78, 5) is 21.0. The molecule has 3 aromatic rings. The predicted octanol–water partition coefficient (Wildman–Crippen LogP) is 3.23. The molecular formula is C13H11N3O3S2. The first-order valence-corrected chi connectivity index (χ1v) is 7.85. The van der Waals surface area contributed by atoms with Crippen LogP contribution in [-0.4, -0.2) is 21.1 Å². The highest BCUT2D eigenvalue weighted by atomic mass is 32.1. The highest BCUT2D eigenvalue weighted by molar-refractivity contribution is 7.17. The Bertz CT molecular complexity index is 762. The second kappa shape index (κ2) is 5.74. The van der Waals surface area contributed by atoms with Gasteiger partial charge < -0.3 is 9.26 Å². The van der Waals surface area contributed by atoms with Gasteiger partial charge in [-0.25, -0.2) is 9.78 Å². The fraction of sp³-hybridized carbons (Fsp3) is 0.231. The normalized spacial score (nSPS) is 10.8. The lowest BCUT2D eigenvalue weighted by Gasteiger charge is -1.99. The van der Waals surface area contributed by atoms with Gasteiger partial charge in [0.1, 0.15) is 9.88 Å². The van der Waals surface area contributed by atoms with Crippen molar-refractivity contribution in [1.29, 1.82) is 0 Å². The zero-order valence-electron chi connectivity index (χ0n) is 11.3. The monoisotopic (exact) mass is 321 g/mol. The zero-order valence-corrected chi connectivity index (χ0v) is 13.0. The van der Waals surface area contributed by atoms with Crippen LogP contribution in [0.15, 0.2) is 21.3 Å². The lowest BCUT2D eigenvalue weighted by Crippen LogP contribution is -2.05. The molecule has 0 unspecified atom stereocenters. The van der Waals surface area contributed by atoms with E-state index in [9.17, 15) is 4.79 Å². The summed E-state index contributed by atoms with van der Waals surface area (Å²) in [6, 6.07) is 1.97. The molecule has 0 bridgehead atoms. The largest absolute Gasteiger partial charge is 0.451 e. The number of thiazole rings is 1. The number of hydrogen-bond acceptors (Lipinski definition) is 8. The van der Waals surface area contributed by atoms with Gasteiger partial charge in [0, 0.05) is 10.9 Å². The molecule has 3 heterocycles. The van der Waals surface area contributed by atoms with Crippen LogP contribution in [0.25, 0.3) is 10.6 Å². The van der Waals surface area contributed by atoms with Crippen LogP contribution in [0.4, 0.5) is 0 Å². The standard InChI is InChI=1S/C13H11N3O3S2/c1-7-11(21-12(14-7)9-3-4-20-6-9)13(17)18-5-10-15-8(2)16-19-10/h3-4,6H,5H2,1-2H3. The van der Waals surface area contributed by atoms with Crippen molar-refractivity contribution in [2.45, 2.75) is 20.5 Å². The maximum absolute atomic E-state index is 12.1. The Kier molecular flexibility index (Phi) is 3.80. The van der Waals surface area contributed by atoms with Gasteiger partial charge >= 0.3 is 5.97 Å². The first kappa shape index (κ1) is 13.9.